The van der Waals surface area contributed by atoms with Crippen molar-refractivity contribution in [3.63, 3.8) is 0 Å². The molecule has 0 fully saturated rings. The fourth-order valence-corrected chi connectivity index (χ4v) is 3.10. The fourth-order valence-electron chi connectivity index (χ4n) is 3.10. The topological polar surface area (TPSA) is 28.0 Å². The van der Waals surface area contributed by atoms with Gasteiger partial charge in [0.2, 0.25) is 0 Å². The van der Waals surface area contributed by atoms with Crippen LogP contribution < -0.4 is 4.90 Å². The molecule has 0 aromatic heterocycles. The number of rotatable bonds is 3. The number of nitrogens with zero attached hydrogens (tertiary/aromatic N) is 3. The van der Waals surface area contributed by atoms with Crippen LogP contribution in [0, 0.1) is 0 Å². The van der Waals surface area contributed by atoms with E-state index < -0.39 is 0 Å². The maximum Gasteiger partial charge on any atom is 0.136 e. The Balaban J connectivity index is 1.74. The highest BCUT2D eigenvalue weighted by atomic mass is 15.3. The van der Waals surface area contributed by atoms with Crippen LogP contribution >= 0.6 is 0 Å². The quantitative estimate of drug-likeness (QED) is 0.513. The van der Waals surface area contributed by atoms with Gasteiger partial charge in [-0.15, -0.1) is 10.2 Å². The van der Waals surface area contributed by atoms with Gasteiger partial charge < -0.3 is 4.90 Å². The molecule has 0 amide bonds. The van der Waals surface area contributed by atoms with Crippen molar-refractivity contribution in [2.45, 2.75) is 6.42 Å². The van der Waals surface area contributed by atoms with Crippen molar-refractivity contribution in [3.8, 4) is 0 Å². The molecule has 0 unspecified atom stereocenters. The van der Waals surface area contributed by atoms with Crippen molar-refractivity contribution in [1.29, 1.82) is 0 Å². The van der Waals surface area contributed by atoms with Gasteiger partial charge in [-0.3, -0.25) is 0 Å². The van der Waals surface area contributed by atoms with Gasteiger partial charge in [-0.2, -0.15) is 0 Å². The summed E-state index contributed by atoms with van der Waals surface area (Å²) in [5, 5.41) is 9.25. The van der Waals surface area contributed by atoms with E-state index >= 15 is 0 Å². The van der Waals surface area contributed by atoms with Crippen LogP contribution in [0.3, 0.4) is 0 Å². The molecule has 3 aromatic carbocycles. The van der Waals surface area contributed by atoms with Crippen LogP contribution in [0.15, 0.2) is 95.1 Å². The zero-order valence-corrected chi connectivity index (χ0v) is 14.1. The average molecular weight is 325 g/mol. The second-order valence-electron chi connectivity index (χ2n) is 6.06. The highest BCUT2D eigenvalue weighted by molar-refractivity contribution is 6.13. The molecule has 0 saturated heterocycles. The molecular weight excluding hydrogens is 306 g/mol. The smallest absolute Gasteiger partial charge is 0.136 e. The van der Waals surface area contributed by atoms with E-state index in [1.807, 2.05) is 43.4 Å². The second-order valence-corrected chi connectivity index (χ2v) is 6.06. The summed E-state index contributed by atoms with van der Waals surface area (Å²) in [7, 11) is 2.05. The first kappa shape index (κ1) is 15.3. The van der Waals surface area contributed by atoms with Gasteiger partial charge >= 0.3 is 0 Å². The Morgan fingerprint density at radius 3 is 1.92 bits per heavy atom. The van der Waals surface area contributed by atoms with Crippen molar-refractivity contribution in [2.24, 2.45) is 10.2 Å². The highest BCUT2D eigenvalue weighted by Gasteiger charge is 2.21. The Morgan fingerprint density at radius 2 is 1.32 bits per heavy atom. The van der Waals surface area contributed by atoms with E-state index in [0.29, 0.717) is 0 Å². The first-order valence-corrected chi connectivity index (χ1v) is 8.40. The molecule has 0 bridgehead atoms. The molecule has 3 aromatic rings. The fraction of sp³-hybridized carbons (Fsp3) is 0.0909. The summed E-state index contributed by atoms with van der Waals surface area (Å²) in [5.41, 5.74) is 5.52. The van der Waals surface area contributed by atoms with E-state index in [-0.39, 0.29) is 0 Å². The van der Waals surface area contributed by atoms with E-state index in [1.165, 1.54) is 11.3 Å². The minimum atomic E-state index is 0.813. The van der Waals surface area contributed by atoms with Gasteiger partial charge in [0, 0.05) is 30.3 Å². The molecule has 4 rings (SSSR count). The van der Waals surface area contributed by atoms with E-state index in [9.17, 15) is 0 Å². The van der Waals surface area contributed by atoms with Gasteiger partial charge in [0.05, 0.1) is 0 Å². The summed E-state index contributed by atoms with van der Waals surface area (Å²) in [4.78, 5) is 2.12. The van der Waals surface area contributed by atoms with Crippen LogP contribution in [0.5, 0.6) is 0 Å². The SMILES string of the molecule is CN1/C(=N/N=C(c2ccccc2)c2ccccc2)Cc2ccccc21. The predicted octanol–water partition coefficient (Wildman–Crippen LogP) is 4.53. The summed E-state index contributed by atoms with van der Waals surface area (Å²) in [6.07, 6.45) is 0.813. The molecule has 0 atom stereocenters. The number of amidine groups is 1. The molecule has 3 nitrogen and oxygen atoms in total. The number of hydrogen-bond acceptors (Lipinski definition) is 2. The Bertz CT molecular complexity index is 886. The standard InChI is InChI=1S/C22H19N3/c1-25-20-15-9-8-14-19(20)16-21(25)23-24-22(17-10-4-2-5-11-17)18-12-6-3-7-13-18/h2-15H,16H2,1H3/b23-21+. The van der Waals surface area contributed by atoms with Gasteiger partial charge in [0.15, 0.2) is 0 Å². The Labute approximate surface area is 148 Å². The average Bonchev–Trinajstić information content (AvgIpc) is 3.00. The van der Waals surface area contributed by atoms with Gasteiger partial charge in [-0.25, -0.2) is 0 Å². The zero-order valence-electron chi connectivity index (χ0n) is 14.1. The maximum atomic E-state index is 4.64. The highest BCUT2D eigenvalue weighted by Crippen LogP contribution is 2.27. The van der Waals surface area contributed by atoms with E-state index in [4.69, 9.17) is 0 Å². The first-order valence-electron chi connectivity index (χ1n) is 8.40. The number of hydrogen-bond donors (Lipinski definition) is 0. The zero-order chi connectivity index (χ0) is 17.1. The third-order valence-electron chi connectivity index (χ3n) is 4.45. The summed E-state index contributed by atoms with van der Waals surface area (Å²) in [6, 6.07) is 28.8. The second kappa shape index (κ2) is 6.73. The lowest BCUT2D eigenvalue weighted by Crippen LogP contribution is -2.21. The molecule has 0 N–H and O–H groups in total. The third-order valence-corrected chi connectivity index (χ3v) is 4.45. The van der Waals surface area contributed by atoms with Crippen LogP contribution in [0.1, 0.15) is 16.7 Å². The summed E-state index contributed by atoms with van der Waals surface area (Å²) >= 11 is 0. The molecule has 0 aliphatic carbocycles. The number of fused-ring (bicyclic) bond motifs is 1. The van der Waals surface area contributed by atoms with Crippen molar-refractivity contribution >= 4 is 17.2 Å². The molecule has 25 heavy (non-hydrogen) atoms. The Hall–Kier alpha value is -3.20. The molecule has 0 saturated carbocycles. The maximum absolute atomic E-state index is 4.64. The Morgan fingerprint density at radius 1 is 0.760 bits per heavy atom. The number of anilines is 1. The lowest BCUT2D eigenvalue weighted by atomic mass is 10.0. The van der Waals surface area contributed by atoms with Gasteiger partial charge in [-0.05, 0) is 11.6 Å². The van der Waals surface area contributed by atoms with E-state index in [0.717, 1.165) is 29.1 Å². The molecule has 1 heterocycles. The van der Waals surface area contributed by atoms with E-state index in [2.05, 4.69) is 63.6 Å². The van der Waals surface area contributed by atoms with Gasteiger partial charge in [0.25, 0.3) is 0 Å². The van der Waals surface area contributed by atoms with Crippen molar-refractivity contribution in [3.05, 3.63) is 102 Å². The number of benzene rings is 3. The van der Waals surface area contributed by atoms with Gasteiger partial charge in [0.1, 0.15) is 11.5 Å². The normalized spacial score (nSPS) is 14.4. The molecule has 122 valence electrons. The van der Waals surface area contributed by atoms with Gasteiger partial charge in [-0.1, -0.05) is 78.9 Å². The molecule has 1 aliphatic rings. The number of likely N-dealkylation sites (N-methyl/N-ethyl adjacent to an activating group) is 1. The van der Waals surface area contributed by atoms with Crippen LogP contribution in [0.2, 0.25) is 0 Å². The third kappa shape index (κ3) is 3.09. The van der Waals surface area contributed by atoms with Crippen LogP contribution in [0.4, 0.5) is 5.69 Å². The van der Waals surface area contributed by atoms with Crippen molar-refractivity contribution in [1.82, 2.24) is 0 Å². The molecule has 1 aliphatic heterocycles. The molecule has 3 heteroatoms. The Kier molecular flexibility index (Phi) is 4.13. The lowest BCUT2D eigenvalue weighted by Gasteiger charge is -2.12. The number of para-hydroxylation sites is 1. The molecular formula is C22H19N3. The molecule has 0 spiro atoms. The lowest BCUT2D eigenvalue weighted by molar-refractivity contribution is 1.16. The van der Waals surface area contributed by atoms with Crippen molar-refractivity contribution < 1.29 is 0 Å². The van der Waals surface area contributed by atoms with Crippen LogP contribution in [-0.2, 0) is 6.42 Å². The van der Waals surface area contributed by atoms with E-state index in [1.54, 1.807) is 0 Å². The summed E-state index contributed by atoms with van der Waals surface area (Å²) in [5.74, 6) is 0.963. The predicted molar refractivity (Wildman–Crippen MR) is 105 cm³/mol. The van der Waals surface area contributed by atoms with Crippen molar-refractivity contribution in [2.75, 3.05) is 11.9 Å². The summed E-state index contributed by atoms with van der Waals surface area (Å²) in [6.45, 7) is 0. The van der Waals surface area contributed by atoms with Crippen LogP contribution in [-0.4, -0.2) is 18.6 Å². The first-order chi connectivity index (χ1) is 12.3. The minimum Gasteiger partial charge on any atom is -0.331 e. The summed E-state index contributed by atoms with van der Waals surface area (Å²) < 4.78 is 0. The monoisotopic (exact) mass is 325 g/mol. The largest absolute Gasteiger partial charge is 0.331 e. The van der Waals surface area contributed by atoms with Crippen LogP contribution in [0.25, 0.3) is 0 Å². The minimum absolute atomic E-state index is 0.813. The molecule has 0 radical (unpaired) electrons.